The predicted molar refractivity (Wildman–Crippen MR) is 156 cm³/mol. The van der Waals surface area contributed by atoms with E-state index in [2.05, 4.69) is 9.72 Å². The average Bonchev–Trinajstić information content (AvgIpc) is 3.05. The number of alkyl halides is 6. The SMILES string of the molecule is O=C(c1cccnc1)N1CCC(c2ccc(C(OCc3c(F)cccc3F)(C(F)(F)F)C(F)(F)F)cc2)(S(=O)(=O)c2ccc(F)cc2)CC1. The van der Waals surface area contributed by atoms with E-state index < -0.39 is 73.6 Å². The Morgan fingerprint density at radius 3 is 1.88 bits per heavy atom. The van der Waals surface area contributed by atoms with Crippen LogP contribution in [0.25, 0.3) is 0 Å². The molecule has 49 heavy (non-hydrogen) atoms. The Kier molecular flexibility index (Phi) is 9.60. The minimum atomic E-state index is -6.22. The molecule has 260 valence electrons. The molecule has 1 amide bonds. The molecule has 5 rings (SSSR count). The van der Waals surface area contributed by atoms with Crippen molar-refractivity contribution < 1.29 is 57.5 Å². The number of benzene rings is 3. The fourth-order valence-electron chi connectivity index (χ4n) is 5.89. The van der Waals surface area contributed by atoms with E-state index in [0.717, 1.165) is 42.5 Å². The largest absolute Gasteiger partial charge is 0.430 e. The molecule has 3 aromatic carbocycles. The summed E-state index contributed by atoms with van der Waals surface area (Å²) >= 11 is 0. The number of carbonyl (C=O) groups is 1. The normalized spacial score (nSPS) is 15.7. The maximum atomic E-state index is 14.5. The van der Waals surface area contributed by atoms with Gasteiger partial charge in [-0.1, -0.05) is 30.3 Å². The summed E-state index contributed by atoms with van der Waals surface area (Å²) in [6.07, 6.45) is -10.4. The van der Waals surface area contributed by atoms with Crippen molar-refractivity contribution in [2.24, 2.45) is 0 Å². The summed E-state index contributed by atoms with van der Waals surface area (Å²) in [4.78, 5) is 17.9. The lowest BCUT2D eigenvalue weighted by Gasteiger charge is -2.42. The molecule has 0 spiro atoms. The predicted octanol–water partition coefficient (Wildman–Crippen LogP) is 7.64. The maximum Gasteiger partial charge on any atom is 0.430 e. The Hall–Kier alpha value is -4.44. The maximum absolute atomic E-state index is 14.5. The van der Waals surface area contributed by atoms with Gasteiger partial charge in [-0.05, 0) is 66.9 Å². The molecule has 0 radical (unpaired) electrons. The summed E-state index contributed by atoms with van der Waals surface area (Å²) in [6, 6.07) is 11.2. The van der Waals surface area contributed by atoms with Gasteiger partial charge < -0.3 is 9.64 Å². The molecule has 6 nitrogen and oxygen atoms in total. The Morgan fingerprint density at radius 2 is 1.37 bits per heavy atom. The number of hydrogen-bond donors (Lipinski definition) is 0. The van der Waals surface area contributed by atoms with Gasteiger partial charge in [0.1, 0.15) is 22.2 Å². The lowest BCUT2D eigenvalue weighted by Crippen LogP contribution is -2.56. The molecule has 0 bridgehead atoms. The molecule has 1 fully saturated rings. The van der Waals surface area contributed by atoms with E-state index in [1.807, 2.05) is 0 Å². The van der Waals surface area contributed by atoms with Crippen molar-refractivity contribution in [3.63, 3.8) is 0 Å². The van der Waals surface area contributed by atoms with Crippen LogP contribution in [0.4, 0.5) is 39.5 Å². The van der Waals surface area contributed by atoms with Crippen LogP contribution in [0.5, 0.6) is 0 Å². The number of aromatic nitrogens is 1. The van der Waals surface area contributed by atoms with Gasteiger partial charge in [-0.2, -0.15) is 26.3 Å². The first-order chi connectivity index (χ1) is 22.9. The van der Waals surface area contributed by atoms with Crippen molar-refractivity contribution in [1.29, 1.82) is 0 Å². The Morgan fingerprint density at radius 1 is 0.796 bits per heavy atom. The Labute approximate surface area is 274 Å². The van der Waals surface area contributed by atoms with Crippen molar-refractivity contribution in [2.75, 3.05) is 13.1 Å². The lowest BCUT2D eigenvalue weighted by atomic mass is 9.85. The first-order valence-corrected chi connectivity index (χ1v) is 15.9. The fraction of sp³-hybridized carbons (Fsp3) is 0.273. The number of ether oxygens (including phenoxy) is 1. The zero-order valence-corrected chi connectivity index (χ0v) is 25.8. The monoisotopic (exact) mass is 716 g/mol. The smallest absolute Gasteiger partial charge is 0.349 e. The summed E-state index contributed by atoms with van der Waals surface area (Å²) in [5.74, 6) is -4.12. The number of carbonyl (C=O) groups excluding carboxylic acids is 1. The lowest BCUT2D eigenvalue weighted by molar-refractivity contribution is -0.392. The molecule has 1 aliphatic rings. The van der Waals surface area contributed by atoms with Gasteiger partial charge in [-0.25, -0.2) is 21.6 Å². The van der Waals surface area contributed by atoms with Gasteiger partial charge in [0.05, 0.1) is 17.1 Å². The molecular weight excluding hydrogens is 691 g/mol. The quantitative estimate of drug-likeness (QED) is 0.139. The van der Waals surface area contributed by atoms with Crippen LogP contribution in [-0.2, 0) is 31.5 Å². The molecule has 0 atom stereocenters. The zero-order valence-electron chi connectivity index (χ0n) is 25.0. The van der Waals surface area contributed by atoms with Crippen molar-refractivity contribution >= 4 is 15.7 Å². The number of halogens is 9. The first-order valence-electron chi connectivity index (χ1n) is 14.5. The van der Waals surface area contributed by atoms with Crippen molar-refractivity contribution in [3.05, 3.63) is 131 Å². The van der Waals surface area contributed by atoms with E-state index >= 15 is 0 Å². The number of nitrogens with zero attached hydrogens (tertiary/aromatic N) is 2. The van der Waals surface area contributed by atoms with Crippen LogP contribution in [0.15, 0.2) is 96.2 Å². The standard InChI is InChI=1S/C33H25F9N2O4S/c34-24-10-12-25(13-11-24)49(46,47)30(14-17-44(18-15-30)29(45)21-3-2-16-43-19-21)22-6-8-23(9-7-22)31(32(37,38)39,33(40,41)42)48-20-26-27(35)4-1-5-28(26)36/h1-13,16,19H,14-15,17-18,20H2. The Bertz CT molecular complexity index is 1870. The van der Waals surface area contributed by atoms with Crippen molar-refractivity contribution in [1.82, 2.24) is 9.88 Å². The highest BCUT2D eigenvalue weighted by Gasteiger charge is 2.73. The molecule has 4 aromatic rings. The molecule has 16 heteroatoms. The number of pyridine rings is 1. The fourth-order valence-corrected chi connectivity index (χ4v) is 8.00. The molecule has 1 saturated heterocycles. The number of rotatable bonds is 8. The number of amides is 1. The summed E-state index contributed by atoms with van der Waals surface area (Å²) in [6.45, 7) is -2.15. The van der Waals surface area contributed by atoms with Gasteiger partial charge >= 0.3 is 12.4 Å². The van der Waals surface area contributed by atoms with E-state index in [-0.39, 0.29) is 42.0 Å². The van der Waals surface area contributed by atoms with Gasteiger partial charge in [0, 0.05) is 36.6 Å². The van der Waals surface area contributed by atoms with Crippen LogP contribution in [0.3, 0.4) is 0 Å². The molecule has 1 aromatic heterocycles. The minimum absolute atomic E-state index is 0.192. The van der Waals surface area contributed by atoms with Crippen molar-refractivity contribution in [3.8, 4) is 0 Å². The van der Waals surface area contributed by atoms with Crippen LogP contribution in [0.1, 0.15) is 39.9 Å². The van der Waals surface area contributed by atoms with E-state index in [1.54, 1.807) is 0 Å². The highest BCUT2D eigenvalue weighted by Crippen LogP contribution is 2.54. The molecule has 0 N–H and O–H groups in total. The number of hydrogen-bond acceptors (Lipinski definition) is 5. The summed E-state index contributed by atoms with van der Waals surface area (Å²) in [7, 11) is -4.54. The second kappa shape index (κ2) is 13.1. The first kappa shape index (κ1) is 35.9. The third kappa shape index (κ3) is 6.38. The van der Waals surface area contributed by atoms with E-state index in [9.17, 15) is 52.7 Å². The van der Waals surface area contributed by atoms with Crippen LogP contribution in [0, 0.1) is 17.5 Å². The molecule has 0 aliphatic carbocycles. The molecule has 0 unspecified atom stereocenters. The van der Waals surface area contributed by atoms with E-state index in [0.29, 0.717) is 24.3 Å². The second-order valence-corrected chi connectivity index (χ2v) is 13.5. The molecular formula is C33H25F9N2O4S. The van der Waals surface area contributed by atoms with Crippen molar-refractivity contribution in [2.45, 2.75) is 47.0 Å². The highest BCUT2D eigenvalue weighted by molar-refractivity contribution is 7.92. The molecule has 0 saturated carbocycles. The van der Waals surface area contributed by atoms with Crippen LogP contribution >= 0.6 is 0 Å². The van der Waals surface area contributed by atoms with Crippen LogP contribution in [0.2, 0.25) is 0 Å². The van der Waals surface area contributed by atoms with Gasteiger partial charge in [0.25, 0.3) is 11.5 Å². The van der Waals surface area contributed by atoms with Gasteiger partial charge in [0.2, 0.25) is 0 Å². The third-order valence-electron chi connectivity index (χ3n) is 8.52. The average molecular weight is 717 g/mol. The second-order valence-electron chi connectivity index (χ2n) is 11.2. The topological polar surface area (TPSA) is 76.6 Å². The molecule has 1 aliphatic heterocycles. The third-order valence-corrected chi connectivity index (χ3v) is 11.1. The molecule has 2 heterocycles. The van der Waals surface area contributed by atoms with Gasteiger partial charge in [-0.15, -0.1) is 0 Å². The number of likely N-dealkylation sites (tertiary alicyclic amines) is 1. The van der Waals surface area contributed by atoms with Gasteiger partial charge in [-0.3, -0.25) is 9.78 Å². The van der Waals surface area contributed by atoms with E-state index in [4.69, 9.17) is 0 Å². The summed E-state index contributed by atoms with van der Waals surface area (Å²) < 4.78 is 160. The van der Waals surface area contributed by atoms with Crippen LogP contribution < -0.4 is 0 Å². The number of piperidine rings is 1. The zero-order chi connectivity index (χ0) is 35.8. The highest BCUT2D eigenvalue weighted by atomic mass is 32.2. The van der Waals surface area contributed by atoms with Crippen LogP contribution in [-0.4, -0.2) is 49.7 Å². The number of sulfone groups is 1. The van der Waals surface area contributed by atoms with Gasteiger partial charge in [0.15, 0.2) is 9.84 Å². The summed E-state index contributed by atoms with van der Waals surface area (Å²) in [5.41, 5.74) is -7.81. The minimum Gasteiger partial charge on any atom is -0.349 e. The summed E-state index contributed by atoms with van der Waals surface area (Å²) in [5, 5.41) is 0. The van der Waals surface area contributed by atoms with E-state index in [1.165, 1.54) is 29.4 Å². The Balaban J connectivity index is 1.58.